The molecule has 0 amide bonds. The van der Waals surface area contributed by atoms with Crippen molar-refractivity contribution in [2.24, 2.45) is 0 Å². The fourth-order valence-corrected chi connectivity index (χ4v) is 2.89. The van der Waals surface area contributed by atoms with Crippen LogP contribution < -0.4 is 5.32 Å². The van der Waals surface area contributed by atoms with Gasteiger partial charge in [-0.3, -0.25) is 4.68 Å². The molecule has 1 aromatic carbocycles. The zero-order chi connectivity index (χ0) is 13.2. The summed E-state index contributed by atoms with van der Waals surface area (Å²) >= 11 is 0. The van der Waals surface area contributed by atoms with Crippen LogP contribution in [0.5, 0.6) is 5.75 Å². The van der Waals surface area contributed by atoms with Gasteiger partial charge in [0.15, 0.2) is 0 Å². The van der Waals surface area contributed by atoms with Gasteiger partial charge < -0.3 is 10.4 Å². The zero-order valence-electron chi connectivity index (χ0n) is 11.1. The number of aromatic hydroxyl groups is 1. The van der Waals surface area contributed by atoms with Crippen molar-refractivity contribution < 1.29 is 5.11 Å². The Labute approximate surface area is 113 Å². The summed E-state index contributed by atoms with van der Waals surface area (Å²) in [6.07, 6.45) is 5.78. The van der Waals surface area contributed by atoms with Crippen LogP contribution in [0.15, 0.2) is 36.7 Å². The van der Waals surface area contributed by atoms with Crippen molar-refractivity contribution >= 4 is 0 Å². The number of nitrogens with zero attached hydrogens (tertiary/aromatic N) is 2. The van der Waals surface area contributed by atoms with Gasteiger partial charge in [0.05, 0.1) is 6.54 Å². The highest BCUT2D eigenvalue weighted by Crippen LogP contribution is 2.36. The molecule has 4 nitrogen and oxygen atoms in total. The molecule has 0 aliphatic heterocycles. The molecule has 3 rings (SSSR count). The van der Waals surface area contributed by atoms with E-state index in [0.717, 1.165) is 24.9 Å². The summed E-state index contributed by atoms with van der Waals surface area (Å²) in [6, 6.07) is 8.43. The van der Waals surface area contributed by atoms with Crippen molar-refractivity contribution in [2.75, 3.05) is 0 Å². The highest BCUT2D eigenvalue weighted by molar-refractivity contribution is 5.44. The molecule has 1 heterocycles. The van der Waals surface area contributed by atoms with E-state index in [0.29, 0.717) is 17.8 Å². The van der Waals surface area contributed by atoms with Gasteiger partial charge in [-0.05, 0) is 43.0 Å². The summed E-state index contributed by atoms with van der Waals surface area (Å²) in [5.74, 6) is 0.432. The van der Waals surface area contributed by atoms with E-state index < -0.39 is 0 Å². The molecule has 0 saturated heterocycles. The molecule has 1 aliphatic carbocycles. The minimum Gasteiger partial charge on any atom is -0.508 e. The second-order valence-corrected chi connectivity index (χ2v) is 5.23. The summed E-state index contributed by atoms with van der Waals surface area (Å²) in [4.78, 5) is 0. The molecule has 2 unspecified atom stereocenters. The quantitative estimate of drug-likeness (QED) is 0.883. The number of phenols is 1. The third-order valence-corrected chi connectivity index (χ3v) is 3.75. The fourth-order valence-electron chi connectivity index (χ4n) is 2.89. The fraction of sp³-hybridized carbons (Fsp3) is 0.400. The first-order valence-electron chi connectivity index (χ1n) is 6.78. The van der Waals surface area contributed by atoms with Crippen molar-refractivity contribution in [3.8, 4) is 5.75 Å². The number of aromatic nitrogens is 2. The number of hydrogen-bond acceptors (Lipinski definition) is 3. The highest BCUT2D eigenvalue weighted by Gasteiger charge is 2.25. The summed E-state index contributed by atoms with van der Waals surface area (Å²) in [5.41, 5.74) is 2.35. The third kappa shape index (κ3) is 2.49. The Bertz CT molecular complexity index is 551. The molecule has 2 atom stereocenters. The largest absolute Gasteiger partial charge is 0.508 e. The van der Waals surface area contributed by atoms with Gasteiger partial charge in [0.2, 0.25) is 0 Å². The predicted molar refractivity (Wildman–Crippen MR) is 74.0 cm³/mol. The van der Waals surface area contributed by atoms with Crippen molar-refractivity contribution in [3.05, 3.63) is 47.8 Å². The van der Waals surface area contributed by atoms with E-state index in [9.17, 15) is 5.11 Å². The van der Waals surface area contributed by atoms with Gasteiger partial charge in [-0.2, -0.15) is 5.10 Å². The molecule has 0 spiro atoms. The smallest absolute Gasteiger partial charge is 0.119 e. The Kier molecular flexibility index (Phi) is 3.25. The lowest BCUT2D eigenvalue weighted by molar-refractivity contribution is 0.398. The van der Waals surface area contributed by atoms with E-state index in [-0.39, 0.29) is 0 Å². The number of benzene rings is 1. The van der Waals surface area contributed by atoms with E-state index in [4.69, 9.17) is 0 Å². The predicted octanol–water partition coefficient (Wildman–Crippen LogP) is 2.25. The summed E-state index contributed by atoms with van der Waals surface area (Å²) in [7, 11) is 0. The number of nitrogens with one attached hydrogen (secondary N) is 1. The minimum absolute atomic E-state index is 0.340. The first-order chi connectivity index (χ1) is 9.24. The van der Waals surface area contributed by atoms with Crippen LogP contribution in [0, 0.1) is 0 Å². The van der Waals surface area contributed by atoms with Gasteiger partial charge in [0.25, 0.3) is 0 Å². The van der Waals surface area contributed by atoms with Crippen LogP contribution in [0.2, 0.25) is 0 Å². The molecule has 4 heteroatoms. The Hall–Kier alpha value is -1.81. The molecule has 2 N–H and O–H groups in total. The molecule has 0 fully saturated rings. The molecule has 2 aromatic rings. The van der Waals surface area contributed by atoms with Crippen LogP contribution in [-0.4, -0.2) is 20.9 Å². The van der Waals surface area contributed by atoms with E-state index in [1.807, 2.05) is 23.0 Å². The van der Waals surface area contributed by atoms with E-state index in [1.165, 1.54) is 5.56 Å². The monoisotopic (exact) mass is 257 g/mol. The van der Waals surface area contributed by atoms with Crippen LogP contribution in [0.25, 0.3) is 0 Å². The normalized spacial score (nSPS) is 19.3. The van der Waals surface area contributed by atoms with E-state index >= 15 is 0 Å². The molecule has 0 bridgehead atoms. The highest BCUT2D eigenvalue weighted by atomic mass is 16.3. The zero-order valence-corrected chi connectivity index (χ0v) is 11.1. The number of fused-ring (bicyclic) bond motifs is 1. The summed E-state index contributed by atoms with van der Waals surface area (Å²) in [5, 5.41) is 17.7. The SMILES string of the molecule is CC(Cn1cccn1)NC1CCc2c(O)cccc21. The van der Waals surface area contributed by atoms with Gasteiger partial charge in [-0.25, -0.2) is 0 Å². The first kappa shape index (κ1) is 12.2. The van der Waals surface area contributed by atoms with E-state index in [1.54, 1.807) is 12.3 Å². The van der Waals surface area contributed by atoms with Crippen LogP contribution in [0.1, 0.15) is 30.5 Å². The second kappa shape index (κ2) is 5.05. The van der Waals surface area contributed by atoms with Crippen molar-refractivity contribution in [1.82, 2.24) is 15.1 Å². The van der Waals surface area contributed by atoms with Crippen LogP contribution in [-0.2, 0) is 13.0 Å². The Balaban J connectivity index is 1.68. The third-order valence-electron chi connectivity index (χ3n) is 3.75. The maximum Gasteiger partial charge on any atom is 0.119 e. The van der Waals surface area contributed by atoms with Crippen molar-refractivity contribution in [1.29, 1.82) is 0 Å². The lowest BCUT2D eigenvalue weighted by Crippen LogP contribution is -2.33. The average Bonchev–Trinajstić information content (AvgIpc) is 3.01. The Morgan fingerprint density at radius 2 is 2.37 bits per heavy atom. The lowest BCUT2D eigenvalue weighted by atomic mass is 10.1. The topological polar surface area (TPSA) is 50.1 Å². The molecule has 1 aliphatic rings. The Morgan fingerprint density at radius 3 is 3.16 bits per heavy atom. The van der Waals surface area contributed by atoms with Gasteiger partial charge in [-0.15, -0.1) is 0 Å². The van der Waals surface area contributed by atoms with Crippen LogP contribution >= 0.6 is 0 Å². The van der Waals surface area contributed by atoms with Gasteiger partial charge in [0, 0.05) is 24.5 Å². The van der Waals surface area contributed by atoms with Crippen LogP contribution in [0.4, 0.5) is 0 Å². The van der Waals surface area contributed by atoms with Crippen LogP contribution in [0.3, 0.4) is 0 Å². The molecule has 1 aromatic heterocycles. The number of rotatable bonds is 4. The van der Waals surface area contributed by atoms with E-state index in [2.05, 4.69) is 23.4 Å². The Morgan fingerprint density at radius 1 is 1.47 bits per heavy atom. The lowest BCUT2D eigenvalue weighted by Gasteiger charge is -2.20. The molecular formula is C15H19N3O. The maximum atomic E-state index is 9.85. The standard InChI is InChI=1S/C15H19N3O/c1-11(10-18-9-3-8-16-18)17-14-7-6-13-12(14)4-2-5-15(13)19/h2-5,8-9,11,14,17,19H,6-7,10H2,1H3. The minimum atomic E-state index is 0.340. The van der Waals surface area contributed by atoms with Gasteiger partial charge in [-0.1, -0.05) is 12.1 Å². The molecule has 0 radical (unpaired) electrons. The molecule has 0 saturated carbocycles. The molecule has 19 heavy (non-hydrogen) atoms. The summed E-state index contributed by atoms with van der Waals surface area (Å²) in [6.45, 7) is 3.03. The summed E-state index contributed by atoms with van der Waals surface area (Å²) < 4.78 is 1.94. The van der Waals surface area contributed by atoms with Crippen molar-refractivity contribution in [3.63, 3.8) is 0 Å². The van der Waals surface area contributed by atoms with Gasteiger partial charge in [0.1, 0.15) is 5.75 Å². The maximum absolute atomic E-state index is 9.85. The number of hydrogen-bond donors (Lipinski definition) is 2. The molecular weight excluding hydrogens is 238 g/mol. The number of phenolic OH excluding ortho intramolecular Hbond substituents is 1. The second-order valence-electron chi connectivity index (χ2n) is 5.23. The van der Waals surface area contributed by atoms with Crippen molar-refractivity contribution in [2.45, 2.75) is 38.4 Å². The van der Waals surface area contributed by atoms with Gasteiger partial charge >= 0.3 is 0 Å². The first-order valence-corrected chi connectivity index (χ1v) is 6.78. The molecule has 100 valence electrons. The average molecular weight is 257 g/mol.